The van der Waals surface area contributed by atoms with E-state index in [9.17, 15) is 13.2 Å². The molecule has 1 rings (SSSR count). The Labute approximate surface area is 111 Å². The van der Waals surface area contributed by atoms with Crippen LogP contribution >= 0.6 is 0 Å². The molecule has 0 aromatic carbocycles. The van der Waals surface area contributed by atoms with Gasteiger partial charge in [-0.2, -0.15) is 13.2 Å². The molecular weight excluding hydrogens is 257 g/mol. The first-order chi connectivity index (χ1) is 8.73. The second-order valence-electron chi connectivity index (χ2n) is 4.96. The van der Waals surface area contributed by atoms with Crippen molar-refractivity contribution in [3.8, 4) is 0 Å². The number of rotatable bonds is 6. The van der Waals surface area contributed by atoms with Crippen molar-refractivity contribution >= 4 is 0 Å². The first-order valence-electron chi connectivity index (χ1n) is 6.26. The molecule has 3 nitrogen and oxygen atoms in total. The van der Waals surface area contributed by atoms with E-state index < -0.39 is 12.7 Å². The molecule has 0 atom stereocenters. The average Bonchev–Trinajstić information content (AvgIpc) is 2.57. The molecule has 0 bridgehead atoms. The second-order valence-corrected chi connectivity index (χ2v) is 4.96. The van der Waals surface area contributed by atoms with Crippen LogP contribution in [0.4, 0.5) is 13.2 Å². The third-order valence-corrected chi connectivity index (χ3v) is 2.88. The summed E-state index contributed by atoms with van der Waals surface area (Å²) in [4.78, 5) is 1.35. The Balaban J connectivity index is 2.76. The lowest BCUT2D eigenvalue weighted by Crippen LogP contribution is -2.38. The highest BCUT2D eigenvalue weighted by atomic mass is 19.4. The van der Waals surface area contributed by atoms with Crippen molar-refractivity contribution in [3.05, 3.63) is 23.2 Å². The molecule has 0 amide bonds. The monoisotopic (exact) mass is 278 g/mol. The van der Waals surface area contributed by atoms with Gasteiger partial charge in [-0.15, -0.1) is 0 Å². The van der Waals surface area contributed by atoms with Crippen LogP contribution < -0.4 is 5.32 Å². The molecule has 0 saturated heterocycles. The number of alkyl halides is 3. The van der Waals surface area contributed by atoms with Crippen LogP contribution in [0.25, 0.3) is 0 Å². The third kappa shape index (κ3) is 5.24. The number of hydrogen-bond acceptors (Lipinski definition) is 3. The van der Waals surface area contributed by atoms with E-state index in [1.807, 2.05) is 6.92 Å². The minimum atomic E-state index is -4.19. The standard InChI is InChI=1S/C13H21F3N2O/c1-9(2)18(8-13(14,15)16)7-11-5-10(3)12(19-11)6-17-4/h5,9,17H,6-8H2,1-4H3. The minimum absolute atomic E-state index is 0.168. The maximum atomic E-state index is 12.5. The average molecular weight is 278 g/mol. The van der Waals surface area contributed by atoms with Crippen LogP contribution in [0.3, 0.4) is 0 Å². The summed E-state index contributed by atoms with van der Waals surface area (Å²) in [6, 6.07) is 1.61. The Morgan fingerprint density at radius 3 is 2.47 bits per heavy atom. The molecule has 110 valence electrons. The maximum Gasteiger partial charge on any atom is 0.401 e. The van der Waals surface area contributed by atoms with Crippen molar-refractivity contribution in [1.82, 2.24) is 10.2 Å². The van der Waals surface area contributed by atoms with E-state index >= 15 is 0 Å². The fourth-order valence-corrected chi connectivity index (χ4v) is 1.86. The number of nitrogens with one attached hydrogen (secondary N) is 1. The van der Waals surface area contributed by atoms with E-state index in [2.05, 4.69) is 5.32 Å². The van der Waals surface area contributed by atoms with Gasteiger partial charge in [-0.25, -0.2) is 0 Å². The van der Waals surface area contributed by atoms with Gasteiger partial charge in [0.1, 0.15) is 11.5 Å². The highest BCUT2D eigenvalue weighted by molar-refractivity contribution is 5.20. The maximum absolute atomic E-state index is 12.5. The van der Waals surface area contributed by atoms with E-state index in [1.54, 1.807) is 27.0 Å². The van der Waals surface area contributed by atoms with Crippen molar-refractivity contribution < 1.29 is 17.6 Å². The molecule has 0 saturated carbocycles. The van der Waals surface area contributed by atoms with Gasteiger partial charge in [0, 0.05) is 6.04 Å². The molecule has 0 fully saturated rings. The predicted octanol–water partition coefficient (Wildman–Crippen LogP) is 3.08. The quantitative estimate of drug-likeness (QED) is 0.867. The van der Waals surface area contributed by atoms with Crippen molar-refractivity contribution in [3.63, 3.8) is 0 Å². The van der Waals surface area contributed by atoms with E-state index in [0.29, 0.717) is 12.3 Å². The highest BCUT2D eigenvalue weighted by Crippen LogP contribution is 2.22. The second kappa shape index (κ2) is 6.43. The fourth-order valence-electron chi connectivity index (χ4n) is 1.86. The fraction of sp³-hybridized carbons (Fsp3) is 0.692. The number of nitrogens with zero attached hydrogens (tertiary/aromatic N) is 1. The summed E-state index contributed by atoms with van der Waals surface area (Å²) in [7, 11) is 1.80. The molecule has 0 aliphatic rings. The first kappa shape index (κ1) is 16.0. The number of furan rings is 1. The molecule has 0 aliphatic carbocycles. The van der Waals surface area contributed by atoms with Crippen LogP contribution in [0.2, 0.25) is 0 Å². The summed E-state index contributed by atoms with van der Waals surface area (Å²) in [6.45, 7) is 5.20. The molecule has 0 spiro atoms. The molecule has 6 heteroatoms. The van der Waals surface area contributed by atoms with Crippen molar-refractivity contribution in [1.29, 1.82) is 0 Å². The predicted molar refractivity (Wildman–Crippen MR) is 67.8 cm³/mol. The van der Waals surface area contributed by atoms with Crippen LogP contribution in [0.1, 0.15) is 30.9 Å². The van der Waals surface area contributed by atoms with Gasteiger partial charge in [0.2, 0.25) is 0 Å². The van der Waals surface area contributed by atoms with Gasteiger partial charge in [-0.3, -0.25) is 4.90 Å². The van der Waals surface area contributed by atoms with Crippen LogP contribution in [-0.4, -0.2) is 30.7 Å². The molecular formula is C13H21F3N2O. The van der Waals surface area contributed by atoms with Crippen molar-refractivity contribution in [2.75, 3.05) is 13.6 Å². The van der Waals surface area contributed by atoms with Crippen molar-refractivity contribution in [2.45, 2.75) is 46.1 Å². The zero-order valence-electron chi connectivity index (χ0n) is 11.8. The summed E-state index contributed by atoms with van der Waals surface area (Å²) in [5, 5.41) is 2.97. The highest BCUT2D eigenvalue weighted by Gasteiger charge is 2.32. The Morgan fingerprint density at radius 2 is 2.00 bits per heavy atom. The summed E-state index contributed by atoms with van der Waals surface area (Å²) in [5.74, 6) is 1.34. The SMILES string of the molecule is CNCc1oc(CN(CC(F)(F)F)C(C)C)cc1C. The molecule has 0 unspecified atom stereocenters. The van der Waals surface area contributed by atoms with E-state index in [0.717, 1.165) is 11.3 Å². The smallest absolute Gasteiger partial charge is 0.401 e. The molecule has 1 heterocycles. The Kier molecular flexibility index (Phi) is 5.43. The summed E-state index contributed by atoms with van der Waals surface area (Å²) in [6.07, 6.45) is -4.19. The number of hydrogen-bond donors (Lipinski definition) is 1. The van der Waals surface area contributed by atoms with Crippen molar-refractivity contribution in [2.24, 2.45) is 0 Å². The lowest BCUT2D eigenvalue weighted by atomic mass is 10.2. The molecule has 19 heavy (non-hydrogen) atoms. The van der Waals surface area contributed by atoms with E-state index in [-0.39, 0.29) is 12.6 Å². The van der Waals surface area contributed by atoms with Gasteiger partial charge in [0.05, 0.1) is 19.6 Å². The van der Waals surface area contributed by atoms with Crippen LogP contribution in [0.5, 0.6) is 0 Å². The number of aryl methyl sites for hydroxylation is 1. The zero-order valence-corrected chi connectivity index (χ0v) is 11.8. The van der Waals surface area contributed by atoms with Gasteiger partial charge in [-0.1, -0.05) is 0 Å². The Morgan fingerprint density at radius 1 is 1.37 bits per heavy atom. The lowest BCUT2D eigenvalue weighted by molar-refractivity contribution is -0.151. The summed E-state index contributed by atoms with van der Waals surface area (Å²) in [5.41, 5.74) is 0.958. The Hall–Kier alpha value is -1.01. The van der Waals surface area contributed by atoms with Gasteiger partial charge >= 0.3 is 6.18 Å². The lowest BCUT2D eigenvalue weighted by Gasteiger charge is -2.26. The largest absolute Gasteiger partial charge is 0.463 e. The first-order valence-corrected chi connectivity index (χ1v) is 6.26. The van der Waals surface area contributed by atoms with Gasteiger partial charge < -0.3 is 9.73 Å². The molecule has 0 radical (unpaired) electrons. The third-order valence-electron chi connectivity index (χ3n) is 2.88. The van der Waals surface area contributed by atoms with Crippen LogP contribution in [0.15, 0.2) is 10.5 Å². The normalized spacial score (nSPS) is 12.7. The molecule has 0 aliphatic heterocycles. The summed E-state index contributed by atoms with van der Waals surface area (Å²) >= 11 is 0. The Bertz CT molecular complexity index is 399. The molecule has 1 N–H and O–H groups in total. The topological polar surface area (TPSA) is 28.4 Å². The number of halogens is 3. The van der Waals surface area contributed by atoms with Gasteiger partial charge in [0.25, 0.3) is 0 Å². The minimum Gasteiger partial charge on any atom is -0.463 e. The molecule has 1 aromatic rings. The van der Waals surface area contributed by atoms with E-state index in [1.165, 1.54) is 4.90 Å². The van der Waals surface area contributed by atoms with Gasteiger partial charge in [-0.05, 0) is 39.4 Å². The zero-order chi connectivity index (χ0) is 14.6. The van der Waals surface area contributed by atoms with Crippen LogP contribution in [-0.2, 0) is 13.1 Å². The summed E-state index contributed by atoms with van der Waals surface area (Å²) < 4.78 is 43.1. The molecule has 1 aromatic heterocycles. The van der Waals surface area contributed by atoms with Crippen LogP contribution in [0, 0.1) is 6.92 Å². The van der Waals surface area contributed by atoms with Gasteiger partial charge in [0.15, 0.2) is 0 Å². The van der Waals surface area contributed by atoms with E-state index in [4.69, 9.17) is 4.42 Å².